The van der Waals surface area contributed by atoms with Crippen LogP contribution in [-0.2, 0) is 14.3 Å². The van der Waals surface area contributed by atoms with Gasteiger partial charge in [0.25, 0.3) is 5.91 Å². The van der Waals surface area contributed by atoms with Crippen LogP contribution in [0.1, 0.15) is 23.5 Å². The van der Waals surface area contributed by atoms with E-state index in [1.54, 1.807) is 0 Å². The number of carbonyl (C=O) groups excluding carboxylic acids is 3. The van der Waals surface area contributed by atoms with Crippen LogP contribution in [0.25, 0.3) is 0 Å². The van der Waals surface area contributed by atoms with E-state index in [1.165, 1.54) is 6.08 Å². The molecule has 140 valence electrons. The third-order valence-electron chi connectivity index (χ3n) is 3.80. The van der Waals surface area contributed by atoms with Crippen LogP contribution in [0.5, 0.6) is 0 Å². The maximum atomic E-state index is 12.2. The second kappa shape index (κ2) is 10.6. The summed E-state index contributed by atoms with van der Waals surface area (Å²) in [6, 6.07) is 18.6. The first kappa shape index (κ1) is 19.9. The lowest BCUT2D eigenvalue weighted by Gasteiger charge is -2.17. The monoisotopic (exact) mass is 366 g/mol. The molecule has 2 aromatic carbocycles. The van der Waals surface area contributed by atoms with E-state index in [-0.39, 0.29) is 18.9 Å². The SMILES string of the molecule is C=CCNC(=O)NC(=O)COC(=O)CC(c1ccccc1)c1ccccc1. The lowest BCUT2D eigenvalue weighted by Crippen LogP contribution is -2.41. The van der Waals surface area contributed by atoms with Crippen LogP contribution in [-0.4, -0.2) is 31.1 Å². The van der Waals surface area contributed by atoms with E-state index in [9.17, 15) is 14.4 Å². The van der Waals surface area contributed by atoms with Crippen LogP contribution in [0.4, 0.5) is 4.79 Å². The first-order chi connectivity index (χ1) is 13.1. The fourth-order valence-electron chi connectivity index (χ4n) is 2.54. The summed E-state index contributed by atoms with van der Waals surface area (Å²) >= 11 is 0. The van der Waals surface area contributed by atoms with Crippen molar-refractivity contribution in [1.29, 1.82) is 0 Å². The number of carbonyl (C=O) groups is 3. The maximum Gasteiger partial charge on any atom is 0.321 e. The van der Waals surface area contributed by atoms with Crippen molar-refractivity contribution in [1.82, 2.24) is 10.6 Å². The lowest BCUT2D eigenvalue weighted by molar-refractivity contribution is -0.148. The largest absolute Gasteiger partial charge is 0.456 e. The van der Waals surface area contributed by atoms with Gasteiger partial charge in [-0.3, -0.25) is 14.9 Å². The highest BCUT2D eigenvalue weighted by Crippen LogP contribution is 2.28. The van der Waals surface area contributed by atoms with Crippen LogP contribution >= 0.6 is 0 Å². The normalized spacial score (nSPS) is 10.1. The molecular formula is C21H22N2O4. The highest BCUT2D eigenvalue weighted by molar-refractivity contribution is 5.95. The van der Waals surface area contributed by atoms with Crippen molar-refractivity contribution in [2.75, 3.05) is 13.2 Å². The van der Waals surface area contributed by atoms with Gasteiger partial charge >= 0.3 is 12.0 Å². The Balaban J connectivity index is 1.93. The zero-order valence-electron chi connectivity index (χ0n) is 14.9. The molecule has 2 aromatic rings. The van der Waals surface area contributed by atoms with Gasteiger partial charge in [0.15, 0.2) is 6.61 Å². The maximum absolute atomic E-state index is 12.2. The predicted molar refractivity (Wildman–Crippen MR) is 102 cm³/mol. The van der Waals surface area contributed by atoms with Crippen molar-refractivity contribution in [2.45, 2.75) is 12.3 Å². The first-order valence-corrected chi connectivity index (χ1v) is 8.54. The second-order valence-electron chi connectivity index (χ2n) is 5.79. The third-order valence-corrected chi connectivity index (χ3v) is 3.80. The molecule has 0 aliphatic heterocycles. The molecule has 2 N–H and O–H groups in total. The van der Waals surface area contributed by atoms with Crippen molar-refractivity contribution < 1.29 is 19.1 Å². The number of hydrogen-bond acceptors (Lipinski definition) is 4. The van der Waals surface area contributed by atoms with E-state index in [0.29, 0.717) is 0 Å². The molecule has 3 amide bonds. The van der Waals surface area contributed by atoms with Crippen LogP contribution in [0, 0.1) is 0 Å². The standard InChI is InChI=1S/C21H22N2O4/c1-2-13-22-21(26)23-19(24)15-27-20(25)14-18(16-9-5-3-6-10-16)17-11-7-4-8-12-17/h2-12,18H,1,13-15H2,(H2,22,23,24,26). The van der Waals surface area contributed by atoms with Gasteiger partial charge in [-0.25, -0.2) is 4.79 Å². The molecule has 0 heterocycles. The van der Waals surface area contributed by atoms with E-state index in [1.807, 2.05) is 60.7 Å². The summed E-state index contributed by atoms with van der Waals surface area (Å²) in [4.78, 5) is 35.3. The Labute approximate surface area is 158 Å². The number of ether oxygens (including phenoxy) is 1. The zero-order chi connectivity index (χ0) is 19.5. The molecule has 0 unspecified atom stereocenters. The Hall–Kier alpha value is -3.41. The molecule has 0 atom stereocenters. The van der Waals surface area contributed by atoms with Crippen LogP contribution < -0.4 is 10.6 Å². The van der Waals surface area contributed by atoms with E-state index in [4.69, 9.17) is 4.74 Å². The number of benzene rings is 2. The van der Waals surface area contributed by atoms with Crippen molar-refractivity contribution in [3.63, 3.8) is 0 Å². The number of nitrogens with one attached hydrogen (secondary N) is 2. The van der Waals surface area contributed by atoms with Gasteiger partial charge < -0.3 is 10.1 Å². The number of hydrogen-bond donors (Lipinski definition) is 2. The highest BCUT2D eigenvalue weighted by atomic mass is 16.5. The van der Waals surface area contributed by atoms with Crippen molar-refractivity contribution in [3.05, 3.63) is 84.4 Å². The van der Waals surface area contributed by atoms with Gasteiger partial charge in [0.2, 0.25) is 0 Å². The topological polar surface area (TPSA) is 84.5 Å². The molecule has 6 nitrogen and oxygen atoms in total. The molecule has 27 heavy (non-hydrogen) atoms. The minimum Gasteiger partial charge on any atom is -0.456 e. The summed E-state index contributed by atoms with van der Waals surface area (Å²) in [6.45, 7) is 3.17. The molecular weight excluding hydrogens is 344 g/mol. The van der Waals surface area contributed by atoms with Gasteiger partial charge in [-0.05, 0) is 11.1 Å². The number of urea groups is 1. The fraction of sp³-hybridized carbons (Fsp3) is 0.190. The molecule has 0 aliphatic rings. The van der Waals surface area contributed by atoms with Gasteiger partial charge in [-0.1, -0.05) is 66.7 Å². The quantitative estimate of drug-likeness (QED) is 0.556. The van der Waals surface area contributed by atoms with E-state index in [0.717, 1.165) is 11.1 Å². The van der Waals surface area contributed by atoms with Gasteiger partial charge in [0.05, 0.1) is 6.42 Å². The summed E-state index contributed by atoms with van der Waals surface area (Å²) in [5.74, 6) is -1.39. The van der Waals surface area contributed by atoms with Crippen molar-refractivity contribution in [3.8, 4) is 0 Å². The summed E-state index contributed by atoms with van der Waals surface area (Å²) in [7, 11) is 0. The van der Waals surface area contributed by atoms with Crippen LogP contribution in [0.15, 0.2) is 73.3 Å². The molecule has 6 heteroatoms. The Bertz CT molecular complexity index is 736. The fourth-order valence-corrected chi connectivity index (χ4v) is 2.54. The van der Waals surface area contributed by atoms with Crippen LogP contribution in [0.2, 0.25) is 0 Å². The number of esters is 1. The van der Waals surface area contributed by atoms with Crippen molar-refractivity contribution >= 4 is 17.9 Å². The van der Waals surface area contributed by atoms with Gasteiger partial charge in [0, 0.05) is 12.5 Å². The third kappa shape index (κ3) is 6.78. The van der Waals surface area contributed by atoms with Crippen LogP contribution in [0.3, 0.4) is 0 Å². The molecule has 0 fully saturated rings. The summed E-state index contributed by atoms with van der Waals surface area (Å²) in [5.41, 5.74) is 1.96. The van der Waals surface area contributed by atoms with Gasteiger partial charge in [-0.2, -0.15) is 0 Å². The summed E-state index contributed by atoms with van der Waals surface area (Å²) in [6.07, 6.45) is 1.57. The summed E-state index contributed by atoms with van der Waals surface area (Å²) in [5, 5.41) is 4.47. The minimum absolute atomic E-state index is 0.0873. The van der Waals surface area contributed by atoms with E-state index in [2.05, 4.69) is 17.2 Å². The number of rotatable bonds is 8. The smallest absolute Gasteiger partial charge is 0.321 e. The predicted octanol–water partition coefficient (Wildman–Crippen LogP) is 2.76. The molecule has 0 radical (unpaired) electrons. The molecule has 0 saturated heterocycles. The Morgan fingerprint density at radius 3 is 2.04 bits per heavy atom. The first-order valence-electron chi connectivity index (χ1n) is 8.54. The zero-order valence-corrected chi connectivity index (χ0v) is 14.9. The van der Waals surface area contributed by atoms with Gasteiger partial charge in [0.1, 0.15) is 0 Å². The summed E-state index contributed by atoms with van der Waals surface area (Å²) < 4.78 is 5.03. The van der Waals surface area contributed by atoms with E-state index < -0.39 is 24.5 Å². The average Bonchev–Trinajstić information content (AvgIpc) is 2.70. The molecule has 0 aromatic heterocycles. The van der Waals surface area contributed by atoms with Gasteiger partial charge in [-0.15, -0.1) is 6.58 Å². The number of imide groups is 1. The molecule has 0 spiro atoms. The Kier molecular flexibility index (Phi) is 7.78. The minimum atomic E-state index is -0.694. The molecule has 0 bridgehead atoms. The van der Waals surface area contributed by atoms with E-state index >= 15 is 0 Å². The molecule has 2 rings (SSSR count). The lowest BCUT2D eigenvalue weighted by atomic mass is 9.89. The Morgan fingerprint density at radius 2 is 1.52 bits per heavy atom. The Morgan fingerprint density at radius 1 is 0.963 bits per heavy atom. The molecule has 0 saturated carbocycles. The van der Waals surface area contributed by atoms with Crippen molar-refractivity contribution in [2.24, 2.45) is 0 Å². The molecule has 0 aliphatic carbocycles. The second-order valence-corrected chi connectivity index (χ2v) is 5.79. The average molecular weight is 366 g/mol. The highest BCUT2D eigenvalue weighted by Gasteiger charge is 2.20. The number of amides is 3.